The topological polar surface area (TPSA) is 36.3 Å². The molecule has 2 heteroatoms. The van der Waals surface area contributed by atoms with Crippen molar-refractivity contribution in [2.24, 2.45) is 5.92 Å². The average molecular weight is 233 g/mol. The second-order valence-electron chi connectivity index (χ2n) is 5.65. The molecule has 94 valence electrons. The summed E-state index contributed by atoms with van der Waals surface area (Å²) in [5.41, 5.74) is 2.24. The molecule has 0 aromatic heterocycles. The fourth-order valence-corrected chi connectivity index (χ4v) is 1.77. The molecule has 0 saturated carbocycles. The number of ether oxygens (including phenoxy) is 1. The Balaban J connectivity index is 2.42. The molecule has 2 nitrogen and oxygen atoms in total. The summed E-state index contributed by atoms with van der Waals surface area (Å²) in [4.78, 5) is 0. The molecule has 0 radical (unpaired) electrons. The zero-order valence-corrected chi connectivity index (χ0v) is 11.6. The fourth-order valence-electron chi connectivity index (χ4n) is 1.77. The van der Waals surface area contributed by atoms with Gasteiger partial charge in [-0.25, -0.2) is 0 Å². The van der Waals surface area contributed by atoms with Crippen LogP contribution in [0, 0.1) is 17.2 Å². The quantitative estimate of drug-likeness (QED) is 0.409. The summed E-state index contributed by atoms with van der Waals surface area (Å²) in [7, 11) is 0. The molecule has 0 spiro atoms. The second kappa shape index (κ2) is 5.51. The van der Waals surface area contributed by atoms with Crippen molar-refractivity contribution in [1.29, 1.82) is 5.26 Å². The number of epoxide rings is 1. The molecular weight excluding hydrogens is 210 g/mol. The van der Waals surface area contributed by atoms with Crippen LogP contribution in [0.5, 0.6) is 0 Å². The predicted octanol–water partition coefficient (Wildman–Crippen LogP) is 4.00. The Hall–Kier alpha value is -1.07. The smallest absolute Gasteiger partial charge is 0.0949 e. The number of allylic oxidation sites excluding steroid dienone is 4. The van der Waals surface area contributed by atoms with Crippen molar-refractivity contribution in [3.63, 3.8) is 0 Å². The van der Waals surface area contributed by atoms with Crippen LogP contribution in [0.3, 0.4) is 0 Å². The van der Waals surface area contributed by atoms with Gasteiger partial charge in [0.2, 0.25) is 0 Å². The lowest BCUT2D eigenvalue weighted by molar-refractivity contribution is 0.320. The molecule has 1 heterocycles. The molecule has 0 aromatic rings. The van der Waals surface area contributed by atoms with E-state index in [1.165, 1.54) is 5.57 Å². The zero-order valence-electron chi connectivity index (χ0n) is 11.6. The van der Waals surface area contributed by atoms with Crippen molar-refractivity contribution < 1.29 is 4.74 Å². The largest absolute Gasteiger partial charge is 0.367 e. The highest BCUT2D eigenvalue weighted by Gasteiger charge is 2.46. The molecule has 1 unspecified atom stereocenters. The summed E-state index contributed by atoms with van der Waals surface area (Å²) < 4.78 is 5.54. The van der Waals surface area contributed by atoms with E-state index in [-0.39, 0.29) is 5.60 Å². The van der Waals surface area contributed by atoms with E-state index in [2.05, 4.69) is 32.9 Å². The first-order chi connectivity index (χ1) is 7.86. The zero-order chi connectivity index (χ0) is 13.1. The number of hydrogen-bond donors (Lipinski definition) is 0. The van der Waals surface area contributed by atoms with Gasteiger partial charge in [0.1, 0.15) is 0 Å². The summed E-state index contributed by atoms with van der Waals surface area (Å²) in [6, 6.07) is 2.24. The van der Waals surface area contributed by atoms with Crippen molar-refractivity contribution in [2.45, 2.75) is 59.2 Å². The first-order valence-corrected chi connectivity index (χ1v) is 6.32. The van der Waals surface area contributed by atoms with E-state index >= 15 is 0 Å². The Labute approximate surface area is 105 Å². The van der Waals surface area contributed by atoms with E-state index in [1.807, 2.05) is 19.9 Å². The first kappa shape index (κ1) is 14.0. The highest BCUT2D eigenvalue weighted by atomic mass is 16.6. The van der Waals surface area contributed by atoms with Gasteiger partial charge in [-0.3, -0.25) is 0 Å². The molecule has 1 rings (SSSR count). The molecule has 1 saturated heterocycles. The monoisotopic (exact) mass is 233 g/mol. The third-order valence-corrected chi connectivity index (χ3v) is 3.26. The van der Waals surface area contributed by atoms with Crippen LogP contribution in [-0.2, 0) is 4.74 Å². The predicted molar refractivity (Wildman–Crippen MR) is 70.5 cm³/mol. The van der Waals surface area contributed by atoms with E-state index in [1.54, 1.807) is 0 Å². The van der Waals surface area contributed by atoms with E-state index in [0.717, 1.165) is 18.4 Å². The summed E-state index contributed by atoms with van der Waals surface area (Å²) in [6.45, 7) is 10.4. The van der Waals surface area contributed by atoms with E-state index in [0.29, 0.717) is 12.0 Å². The summed E-state index contributed by atoms with van der Waals surface area (Å²) in [6.07, 6.45) is 6.54. The van der Waals surface area contributed by atoms with Crippen LogP contribution in [0.15, 0.2) is 23.3 Å². The van der Waals surface area contributed by atoms with Gasteiger partial charge in [-0.2, -0.15) is 5.26 Å². The van der Waals surface area contributed by atoms with Crippen molar-refractivity contribution >= 4 is 0 Å². The maximum atomic E-state index is 8.94. The second-order valence-corrected chi connectivity index (χ2v) is 5.65. The minimum absolute atomic E-state index is 0.0892. The van der Waals surface area contributed by atoms with Gasteiger partial charge in [0, 0.05) is 5.57 Å². The van der Waals surface area contributed by atoms with Crippen molar-refractivity contribution in [3.05, 3.63) is 23.3 Å². The van der Waals surface area contributed by atoms with Gasteiger partial charge >= 0.3 is 0 Å². The Morgan fingerprint density at radius 3 is 2.41 bits per heavy atom. The highest BCUT2D eigenvalue weighted by molar-refractivity contribution is 5.28. The maximum Gasteiger partial charge on any atom is 0.0949 e. The highest BCUT2D eigenvalue weighted by Crippen LogP contribution is 2.38. The van der Waals surface area contributed by atoms with Crippen LogP contribution < -0.4 is 0 Å². The van der Waals surface area contributed by atoms with Gasteiger partial charge in [0.05, 0.1) is 17.8 Å². The fraction of sp³-hybridized carbons (Fsp3) is 0.667. The van der Waals surface area contributed by atoms with Gasteiger partial charge < -0.3 is 4.74 Å². The molecule has 1 aliphatic rings. The molecule has 1 fully saturated rings. The third kappa shape index (κ3) is 4.36. The molecule has 0 N–H and O–H groups in total. The molecule has 17 heavy (non-hydrogen) atoms. The van der Waals surface area contributed by atoms with Gasteiger partial charge in [-0.1, -0.05) is 25.5 Å². The van der Waals surface area contributed by atoms with Crippen LogP contribution >= 0.6 is 0 Å². The first-order valence-electron chi connectivity index (χ1n) is 6.32. The van der Waals surface area contributed by atoms with Crippen LogP contribution in [0.1, 0.15) is 47.5 Å². The van der Waals surface area contributed by atoms with Crippen molar-refractivity contribution in [2.75, 3.05) is 0 Å². The maximum absolute atomic E-state index is 8.94. The number of rotatable bonds is 5. The lowest BCUT2D eigenvalue weighted by atomic mass is 10.0. The SMILES string of the molecule is C/C(=C\C=C(/C#N)C(C)C)CCC1OC1(C)C. The molecule has 0 aliphatic carbocycles. The van der Waals surface area contributed by atoms with Crippen LogP contribution in [0.4, 0.5) is 0 Å². The Kier molecular flexibility index (Phi) is 4.54. The van der Waals surface area contributed by atoms with Crippen LogP contribution in [0.2, 0.25) is 0 Å². The van der Waals surface area contributed by atoms with E-state index in [9.17, 15) is 0 Å². The Bertz CT molecular complexity index is 369. The summed E-state index contributed by atoms with van der Waals surface area (Å²) in [5, 5.41) is 8.94. The molecule has 1 aliphatic heterocycles. The summed E-state index contributed by atoms with van der Waals surface area (Å²) in [5.74, 6) is 0.301. The van der Waals surface area contributed by atoms with Gasteiger partial charge in [-0.05, 0) is 45.6 Å². The molecule has 0 aromatic carbocycles. The Morgan fingerprint density at radius 1 is 1.41 bits per heavy atom. The Morgan fingerprint density at radius 2 is 2.00 bits per heavy atom. The molecular formula is C15H23NO. The van der Waals surface area contributed by atoms with E-state index in [4.69, 9.17) is 10.00 Å². The lowest BCUT2D eigenvalue weighted by Gasteiger charge is -2.01. The lowest BCUT2D eigenvalue weighted by Crippen LogP contribution is -2.02. The summed E-state index contributed by atoms with van der Waals surface area (Å²) >= 11 is 0. The standard InChI is InChI=1S/C15H23NO/c1-11(2)13(10-16)8-6-12(3)7-9-14-15(4,5)17-14/h6,8,11,14H,7,9H2,1-5H3/b12-6+,13-8+. The molecule has 1 atom stereocenters. The molecule has 0 amide bonds. The third-order valence-electron chi connectivity index (χ3n) is 3.26. The van der Waals surface area contributed by atoms with Gasteiger partial charge in [0.15, 0.2) is 0 Å². The van der Waals surface area contributed by atoms with Crippen molar-refractivity contribution in [1.82, 2.24) is 0 Å². The van der Waals surface area contributed by atoms with Crippen LogP contribution in [-0.4, -0.2) is 11.7 Å². The number of nitrogens with zero attached hydrogens (tertiary/aromatic N) is 1. The average Bonchev–Trinajstić information content (AvgIpc) is 2.84. The van der Waals surface area contributed by atoms with Gasteiger partial charge in [0.25, 0.3) is 0 Å². The minimum Gasteiger partial charge on any atom is -0.367 e. The van der Waals surface area contributed by atoms with E-state index < -0.39 is 0 Å². The minimum atomic E-state index is 0.0892. The normalized spacial score (nSPS) is 23.7. The van der Waals surface area contributed by atoms with Gasteiger partial charge in [-0.15, -0.1) is 0 Å². The number of hydrogen-bond acceptors (Lipinski definition) is 2. The number of nitriles is 1. The van der Waals surface area contributed by atoms with Crippen molar-refractivity contribution in [3.8, 4) is 6.07 Å². The van der Waals surface area contributed by atoms with Crippen LogP contribution in [0.25, 0.3) is 0 Å². The molecule has 0 bridgehead atoms.